The molecule has 1 aliphatic rings. The van der Waals surface area contributed by atoms with Crippen LogP contribution in [0.5, 0.6) is 0 Å². The molecule has 1 saturated heterocycles. The van der Waals surface area contributed by atoms with Crippen molar-refractivity contribution in [2.75, 3.05) is 26.4 Å². The molecule has 0 spiro atoms. The molecule has 0 bridgehead atoms. The van der Waals surface area contributed by atoms with Gasteiger partial charge in [-0.15, -0.1) is 6.58 Å². The Kier molecular flexibility index (Phi) is 15.5. The molecule has 2 atom stereocenters. The van der Waals surface area contributed by atoms with E-state index < -0.39 is 5.97 Å². The lowest BCUT2D eigenvalue weighted by atomic mass is 9.94. The number of hydrogen-bond donors (Lipinski definition) is 0. The van der Waals surface area contributed by atoms with Crippen LogP contribution in [0, 0.1) is 5.92 Å². The summed E-state index contributed by atoms with van der Waals surface area (Å²) >= 11 is 0. The SMILES string of the molecule is C=CC.CCCCCCCCC(C1CO1)C(OCC)(OCC)OCC. The summed E-state index contributed by atoms with van der Waals surface area (Å²) in [6, 6.07) is 0. The summed E-state index contributed by atoms with van der Waals surface area (Å²) in [5.41, 5.74) is 0. The standard InChI is InChI=1S/C18H36O4.C3H6/c1-5-9-10-11-12-13-14-16(17-15-19-17)18(20-6-2,21-7-3)22-8-4;1-3-2/h16-17H,5-15H2,1-4H3;3H,1H2,2H3. The maximum atomic E-state index is 5.95. The number of unbranched alkanes of at least 4 members (excludes halogenated alkanes) is 5. The first-order valence-corrected chi connectivity index (χ1v) is 10.3. The average molecular weight is 359 g/mol. The van der Waals surface area contributed by atoms with Crippen molar-refractivity contribution in [3.63, 3.8) is 0 Å². The van der Waals surface area contributed by atoms with E-state index >= 15 is 0 Å². The zero-order chi connectivity index (χ0) is 19.0. The normalized spacial score (nSPS) is 17.6. The molecule has 0 aliphatic carbocycles. The van der Waals surface area contributed by atoms with Gasteiger partial charge in [0.2, 0.25) is 0 Å². The van der Waals surface area contributed by atoms with Gasteiger partial charge < -0.3 is 18.9 Å². The predicted octanol–water partition coefficient (Wildman–Crippen LogP) is 5.71. The van der Waals surface area contributed by atoms with Gasteiger partial charge in [-0.05, 0) is 34.1 Å². The Morgan fingerprint density at radius 2 is 1.40 bits per heavy atom. The summed E-state index contributed by atoms with van der Waals surface area (Å²) < 4.78 is 23.4. The van der Waals surface area contributed by atoms with Gasteiger partial charge in [0.25, 0.3) is 5.97 Å². The van der Waals surface area contributed by atoms with E-state index in [1.807, 2.05) is 27.7 Å². The van der Waals surface area contributed by atoms with Crippen LogP contribution in [0.25, 0.3) is 0 Å². The highest BCUT2D eigenvalue weighted by molar-refractivity contribution is 4.86. The fourth-order valence-electron chi connectivity index (χ4n) is 3.07. The van der Waals surface area contributed by atoms with Crippen molar-refractivity contribution in [1.29, 1.82) is 0 Å². The first kappa shape index (κ1) is 24.6. The molecule has 1 rings (SSSR count). The lowest BCUT2D eigenvalue weighted by molar-refractivity contribution is -0.404. The van der Waals surface area contributed by atoms with Gasteiger partial charge in [0, 0.05) is 19.8 Å². The minimum Gasteiger partial charge on any atom is -0.372 e. The smallest absolute Gasteiger partial charge is 0.288 e. The van der Waals surface area contributed by atoms with Crippen LogP contribution in [0.15, 0.2) is 12.7 Å². The maximum absolute atomic E-state index is 5.95. The molecule has 1 fully saturated rings. The molecule has 2 unspecified atom stereocenters. The average Bonchev–Trinajstić information content (AvgIpc) is 3.40. The van der Waals surface area contributed by atoms with Crippen molar-refractivity contribution in [2.45, 2.75) is 91.6 Å². The molecule has 25 heavy (non-hydrogen) atoms. The summed E-state index contributed by atoms with van der Waals surface area (Å²) in [6.07, 6.45) is 10.8. The van der Waals surface area contributed by atoms with Crippen LogP contribution >= 0.6 is 0 Å². The zero-order valence-electron chi connectivity index (χ0n) is 17.4. The van der Waals surface area contributed by atoms with Gasteiger partial charge in [0.1, 0.15) is 0 Å². The molecule has 150 valence electrons. The van der Waals surface area contributed by atoms with Crippen LogP contribution in [0.4, 0.5) is 0 Å². The topological polar surface area (TPSA) is 40.2 Å². The van der Waals surface area contributed by atoms with E-state index in [4.69, 9.17) is 18.9 Å². The fourth-order valence-corrected chi connectivity index (χ4v) is 3.07. The van der Waals surface area contributed by atoms with E-state index in [9.17, 15) is 0 Å². The Labute approximate surface area is 156 Å². The highest BCUT2D eigenvalue weighted by atomic mass is 16.9. The Morgan fingerprint density at radius 3 is 1.80 bits per heavy atom. The van der Waals surface area contributed by atoms with Gasteiger partial charge >= 0.3 is 0 Å². The van der Waals surface area contributed by atoms with E-state index in [0.29, 0.717) is 19.8 Å². The first-order chi connectivity index (χ1) is 12.2. The van der Waals surface area contributed by atoms with Crippen molar-refractivity contribution in [1.82, 2.24) is 0 Å². The molecule has 1 aliphatic heterocycles. The molecule has 0 aromatic rings. The summed E-state index contributed by atoms with van der Waals surface area (Å²) in [6.45, 7) is 16.0. The van der Waals surface area contributed by atoms with Crippen LogP contribution in [0.3, 0.4) is 0 Å². The molecule has 0 aromatic heterocycles. The van der Waals surface area contributed by atoms with Crippen LogP contribution in [0.2, 0.25) is 0 Å². The third-order valence-corrected chi connectivity index (χ3v) is 4.17. The molecule has 0 saturated carbocycles. The number of ether oxygens (including phenoxy) is 4. The van der Waals surface area contributed by atoms with Gasteiger partial charge in [0.15, 0.2) is 0 Å². The zero-order valence-corrected chi connectivity index (χ0v) is 17.4. The van der Waals surface area contributed by atoms with E-state index in [2.05, 4.69) is 13.5 Å². The van der Waals surface area contributed by atoms with Crippen molar-refractivity contribution >= 4 is 0 Å². The van der Waals surface area contributed by atoms with Gasteiger partial charge in [-0.1, -0.05) is 51.5 Å². The molecule has 0 N–H and O–H groups in total. The Bertz CT molecular complexity index is 285. The molecule has 0 radical (unpaired) electrons. The van der Waals surface area contributed by atoms with Crippen LogP contribution in [0.1, 0.15) is 79.6 Å². The lowest BCUT2D eigenvalue weighted by Crippen LogP contribution is -2.49. The maximum Gasteiger partial charge on any atom is 0.288 e. The third kappa shape index (κ3) is 10.3. The second-order valence-corrected chi connectivity index (χ2v) is 6.35. The molecule has 4 heteroatoms. The summed E-state index contributed by atoms with van der Waals surface area (Å²) in [5.74, 6) is -0.762. The van der Waals surface area contributed by atoms with Crippen LogP contribution < -0.4 is 0 Å². The lowest BCUT2D eigenvalue weighted by Gasteiger charge is -2.38. The number of allylic oxidation sites excluding steroid dienone is 1. The Morgan fingerprint density at radius 1 is 0.960 bits per heavy atom. The van der Waals surface area contributed by atoms with Crippen LogP contribution in [-0.4, -0.2) is 38.5 Å². The van der Waals surface area contributed by atoms with Crippen molar-refractivity contribution in [3.8, 4) is 0 Å². The molecule has 0 amide bonds. The summed E-state index contributed by atoms with van der Waals surface area (Å²) in [7, 11) is 0. The van der Waals surface area contributed by atoms with Crippen molar-refractivity contribution < 1.29 is 18.9 Å². The fraction of sp³-hybridized carbons (Fsp3) is 0.905. The van der Waals surface area contributed by atoms with Gasteiger partial charge in [-0.25, -0.2) is 0 Å². The molecular weight excluding hydrogens is 316 g/mol. The second kappa shape index (κ2) is 15.8. The minimum atomic E-state index is -0.928. The van der Waals surface area contributed by atoms with E-state index in [1.165, 1.54) is 38.5 Å². The Hall–Kier alpha value is -0.420. The molecule has 0 aromatic carbocycles. The van der Waals surface area contributed by atoms with Crippen molar-refractivity contribution in [3.05, 3.63) is 12.7 Å². The first-order valence-electron chi connectivity index (χ1n) is 10.3. The van der Waals surface area contributed by atoms with E-state index in [-0.39, 0.29) is 12.0 Å². The highest BCUT2D eigenvalue weighted by Crippen LogP contribution is 2.38. The number of rotatable bonds is 15. The largest absolute Gasteiger partial charge is 0.372 e. The highest BCUT2D eigenvalue weighted by Gasteiger charge is 2.50. The Balaban J connectivity index is 0.00000178. The van der Waals surface area contributed by atoms with E-state index in [1.54, 1.807) is 6.08 Å². The minimum absolute atomic E-state index is 0.165. The van der Waals surface area contributed by atoms with Gasteiger partial charge in [0.05, 0.1) is 18.6 Å². The summed E-state index contributed by atoms with van der Waals surface area (Å²) in [4.78, 5) is 0. The monoisotopic (exact) mass is 358 g/mol. The van der Waals surface area contributed by atoms with Gasteiger partial charge in [-0.2, -0.15) is 0 Å². The quantitative estimate of drug-likeness (QED) is 0.163. The number of hydrogen-bond acceptors (Lipinski definition) is 4. The molecular formula is C21H42O4. The predicted molar refractivity (Wildman–Crippen MR) is 105 cm³/mol. The molecule has 4 nitrogen and oxygen atoms in total. The third-order valence-electron chi connectivity index (χ3n) is 4.17. The van der Waals surface area contributed by atoms with Gasteiger partial charge in [-0.3, -0.25) is 0 Å². The molecule has 1 heterocycles. The van der Waals surface area contributed by atoms with E-state index in [0.717, 1.165) is 13.0 Å². The second-order valence-electron chi connectivity index (χ2n) is 6.35. The van der Waals surface area contributed by atoms with Crippen LogP contribution in [-0.2, 0) is 18.9 Å². The number of epoxide rings is 1. The summed E-state index contributed by atoms with van der Waals surface area (Å²) in [5, 5.41) is 0. The van der Waals surface area contributed by atoms with Crippen molar-refractivity contribution in [2.24, 2.45) is 5.92 Å².